The highest BCUT2D eigenvalue weighted by atomic mass is 15.0. The van der Waals surface area contributed by atoms with Crippen molar-refractivity contribution < 1.29 is 0 Å². The molecule has 0 amide bonds. The standard InChI is InChI=1S/C62H49N.C58H57N/c1-5-63-58-37-35-50(39-56(58)57-40-51(62(2,3)4)36-38-59(57)63)47-25-23-44(24-26-47)46-29-33-49(34-30-46)61-54-17-11-9-15-52(54)60(53-16-10-12-18-55(53)61)48-31-27-45(28-32-48)43-21-19-42(20-22-43)41-13-7-6-8-14-41;1-11-59-52-31-25-42(33-48(52)49-34-45(58(8,9)10)28-32-53(49)59)39-19-17-37(18-20-39)38-21-23-41(24-22-38)55-47-30-27-43(56(2,3)4)35-50(47)54(40-15-13-12-14-16-40)46-29-26-44(36-51(46)55)57(5,6)7/h6-40H,5H2,1-4H3;12-36H,11H2,1-10H3. The van der Waals surface area contributed by atoms with Gasteiger partial charge in [-0.3, -0.25) is 0 Å². The van der Waals surface area contributed by atoms with Gasteiger partial charge in [-0.2, -0.15) is 0 Å². The molecular formula is C120H106N2. The lowest BCUT2D eigenvalue weighted by Crippen LogP contribution is -2.11. The molecule has 0 aliphatic heterocycles. The molecule has 20 rings (SSSR count). The van der Waals surface area contributed by atoms with Crippen LogP contribution in [0.3, 0.4) is 0 Å². The first-order valence-electron chi connectivity index (χ1n) is 43.8. The molecule has 0 aliphatic carbocycles. The van der Waals surface area contributed by atoms with Crippen LogP contribution in [0.15, 0.2) is 364 Å². The second-order valence-corrected chi connectivity index (χ2v) is 37.7. The van der Waals surface area contributed by atoms with Crippen LogP contribution in [-0.4, -0.2) is 9.13 Å². The van der Waals surface area contributed by atoms with Crippen LogP contribution in [0, 0.1) is 0 Å². The van der Waals surface area contributed by atoms with E-state index in [9.17, 15) is 0 Å². The Labute approximate surface area is 720 Å². The van der Waals surface area contributed by atoms with Gasteiger partial charge in [0.2, 0.25) is 0 Å². The Hall–Kier alpha value is -13.4. The van der Waals surface area contributed by atoms with Crippen LogP contribution in [0.1, 0.15) is 119 Å². The summed E-state index contributed by atoms with van der Waals surface area (Å²) >= 11 is 0. The molecule has 0 saturated carbocycles. The average Bonchev–Trinajstić information content (AvgIpc) is 1.07. The first-order chi connectivity index (χ1) is 58.9. The summed E-state index contributed by atoms with van der Waals surface area (Å²) in [5, 5.41) is 15.6. The van der Waals surface area contributed by atoms with Gasteiger partial charge in [0, 0.05) is 56.7 Å². The molecule has 2 heterocycles. The number of aryl methyl sites for hydroxylation is 2. The minimum absolute atomic E-state index is 0.0232. The maximum Gasteiger partial charge on any atom is 0.0491 e. The average molecular weight is 1580 g/mol. The van der Waals surface area contributed by atoms with E-state index in [1.165, 1.54) is 220 Å². The van der Waals surface area contributed by atoms with Crippen molar-refractivity contribution in [2.75, 3.05) is 0 Å². The number of rotatable bonds is 12. The van der Waals surface area contributed by atoms with E-state index in [0.717, 1.165) is 13.1 Å². The molecule has 0 spiro atoms. The van der Waals surface area contributed by atoms with Crippen molar-refractivity contribution in [2.24, 2.45) is 0 Å². The molecule has 2 heteroatoms. The van der Waals surface area contributed by atoms with Crippen molar-refractivity contribution >= 4 is 86.7 Å². The van der Waals surface area contributed by atoms with Crippen LogP contribution in [0.4, 0.5) is 0 Å². The molecule has 122 heavy (non-hydrogen) atoms. The van der Waals surface area contributed by atoms with Gasteiger partial charge in [0.25, 0.3) is 0 Å². The predicted molar refractivity (Wildman–Crippen MR) is 529 cm³/mol. The number of benzene rings is 18. The molecule has 0 aliphatic rings. The van der Waals surface area contributed by atoms with Crippen LogP contribution < -0.4 is 0 Å². The van der Waals surface area contributed by atoms with Crippen molar-refractivity contribution in [3.63, 3.8) is 0 Å². The van der Waals surface area contributed by atoms with E-state index in [1.807, 2.05) is 0 Å². The zero-order valence-electron chi connectivity index (χ0n) is 72.9. The Morgan fingerprint density at radius 2 is 0.336 bits per heavy atom. The van der Waals surface area contributed by atoms with Crippen LogP contribution in [0.2, 0.25) is 0 Å². The fourth-order valence-corrected chi connectivity index (χ4v) is 19.0. The summed E-state index contributed by atoms with van der Waals surface area (Å²) in [5.41, 5.74) is 35.7. The van der Waals surface area contributed by atoms with Crippen molar-refractivity contribution in [3.05, 3.63) is 386 Å². The number of aromatic nitrogens is 2. The minimum atomic E-state index is 0.0232. The number of nitrogens with zero attached hydrogens (tertiary/aromatic N) is 2. The fraction of sp³-hybridized carbons (Fsp3) is 0.167. The summed E-state index contributed by atoms with van der Waals surface area (Å²) in [4.78, 5) is 0. The summed E-state index contributed by atoms with van der Waals surface area (Å²) in [6.45, 7) is 34.0. The third-order valence-electron chi connectivity index (χ3n) is 25.9. The lowest BCUT2D eigenvalue weighted by Gasteiger charge is -2.25. The molecule has 0 atom stereocenters. The summed E-state index contributed by atoms with van der Waals surface area (Å²) in [6, 6.07) is 136. The highest BCUT2D eigenvalue weighted by Gasteiger charge is 2.26. The third kappa shape index (κ3) is 14.5. The zero-order valence-corrected chi connectivity index (χ0v) is 72.9. The fourth-order valence-electron chi connectivity index (χ4n) is 19.0. The van der Waals surface area contributed by atoms with Crippen LogP contribution in [0.5, 0.6) is 0 Å². The first kappa shape index (κ1) is 78.4. The monoisotopic (exact) mass is 1570 g/mol. The largest absolute Gasteiger partial charge is 0.341 e. The Morgan fingerprint density at radius 1 is 0.156 bits per heavy atom. The highest BCUT2D eigenvalue weighted by molar-refractivity contribution is 6.23. The summed E-state index contributed by atoms with van der Waals surface area (Å²) in [6.07, 6.45) is 0. The van der Waals surface area contributed by atoms with Crippen molar-refractivity contribution in [2.45, 2.75) is 132 Å². The SMILES string of the molecule is CCn1c2ccc(-c3ccc(-c4ccc(-c5c6ccc(C(C)(C)C)cc6c(-c6ccccc6)c6ccc(C(C)(C)C)cc56)cc4)cc3)cc2c2cc(C(C)(C)C)ccc21.CCn1c2ccc(-c3ccc(-c4ccc(-c5c6ccccc6c(-c6ccc(-c7ccc(-c8ccccc8)cc7)cc6)c6ccccc56)cc4)cc3)cc2c2cc(C(C)(C)C)ccc21. The molecule has 20 aromatic rings. The van der Waals surface area contributed by atoms with Gasteiger partial charge in [-0.25, -0.2) is 0 Å². The van der Waals surface area contributed by atoms with Crippen LogP contribution in [-0.2, 0) is 34.7 Å². The van der Waals surface area contributed by atoms with Crippen molar-refractivity contribution in [3.8, 4) is 111 Å². The molecule has 0 saturated heterocycles. The zero-order chi connectivity index (χ0) is 84.1. The van der Waals surface area contributed by atoms with E-state index in [4.69, 9.17) is 0 Å². The van der Waals surface area contributed by atoms with Gasteiger partial charge in [-0.1, -0.05) is 386 Å². The Bertz CT molecular complexity index is 7310. The topological polar surface area (TPSA) is 9.86 Å². The van der Waals surface area contributed by atoms with E-state index in [-0.39, 0.29) is 21.7 Å². The Balaban J connectivity index is 0.000000161. The highest BCUT2D eigenvalue weighted by Crippen LogP contribution is 2.49. The van der Waals surface area contributed by atoms with Gasteiger partial charge in [-0.05, 0) is 273 Å². The van der Waals surface area contributed by atoms with Crippen LogP contribution in [0.25, 0.3) is 198 Å². The van der Waals surface area contributed by atoms with Crippen molar-refractivity contribution in [1.82, 2.24) is 9.13 Å². The maximum atomic E-state index is 2.46. The van der Waals surface area contributed by atoms with Crippen molar-refractivity contribution in [1.29, 1.82) is 0 Å². The van der Waals surface area contributed by atoms with E-state index in [1.54, 1.807) is 0 Å². The Morgan fingerprint density at radius 3 is 0.607 bits per heavy atom. The molecule has 0 fully saturated rings. The van der Waals surface area contributed by atoms with E-state index >= 15 is 0 Å². The van der Waals surface area contributed by atoms with Gasteiger partial charge in [0.05, 0.1) is 0 Å². The number of hydrogen-bond donors (Lipinski definition) is 0. The smallest absolute Gasteiger partial charge is 0.0491 e. The quantitative estimate of drug-likeness (QED) is 0.108. The third-order valence-corrected chi connectivity index (χ3v) is 25.9. The summed E-state index contributed by atoms with van der Waals surface area (Å²) in [7, 11) is 0. The van der Waals surface area contributed by atoms with Gasteiger partial charge in [-0.15, -0.1) is 0 Å². The van der Waals surface area contributed by atoms with E-state index in [2.05, 4.69) is 470 Å². The van der Waals surface area contributed by atoms with Gasteiger partial charge in [0.1, 0.15) is 0 Å². The molecule has 596 valence electrons. The summed E-state index contributed by atoms with van der Waals surface area (Å²) < 4.78 is 4.89. The Kier molecular flexibility index (Phi) is 19.9. The molecule has 0 unspecified atom stereocenters. The second kappa shape index (κ2) is 31.0. The maximum absolute atomic E-state index is 2.46. The van der Waals surface area contributed by atoms with Gasteiger partial charge < -0.3 is 9.13 Å². The molecular weight excluding hydrogens is 1470 g/mol. The second-order valence-electron chi connectivity index (χ2n) is 37.7. The normalized spacial score (nSPS) is 12.2. The van der Waals surface area contributed by atoms with Gasteiger partial charge >= 0.3 is 0 Å². The molecule has 0 radical (unpaired) electrons. The minimum Gasteiger partial charge on any atom is -0.341 e. The first-order valence-corrected chi connectivity index (χ1v) is 43.8. The molecule has 2 aromatic heterocycles. The number of fused-ring (bicyclic) bond motifs is 10. The molecule has 18 aromatic carbocycles. The van der Waals surface area contributed by atoms with Crippen LogP contribution >= 0.6 is 0 Å². The molecule has 0 N–H and O–H groups in total. The van der Waals surface area contributed by atoms with Gasteiger partial charge in [0.15, 0.2) is 0 Å². The lowest BCUT2D eigenvalue weighted by atomic mass is 9.79. The lowest BCUT2D eigenvalue weighted by molar-refractivity contribution is 0.590. The predicted octanol–water partition coefficient (Wildman–Crippen LogP) is 34.1. The van der Waals surface area contributed by atoms with E-state index in [0.29, 0.717) is 0 Å². The molecule has 0 bridgehead atoms. The molecule has 2 nitrogen and oxygen atoms in total. The van der Waals surface area contributed by atoms with E-state index < -0.39 is 0 Å². The number of hydrogen-bond acceptors (Lipinski definition) is 0. The summed E-state index contributed by atoms with van der Waals surface area (Å²) in [5.74, 6) is 0.